The zero-order valence-electron chi connectivity index (χ0n) is 13.2. The molecule has 1 atom stereocenters. The van der Waals surface area contributed by atoms with E-state index in [-0.39, 0.29) is 17.8 Å². The number of pyridine rings is 1. The Hall–Kier alpha value is -0.850. The molecular formula is C17H23FN2O2S. The van der Waals surface area contributed by atoms with Crippen molar-refractivity contribution in [3.63, 3.8) is 0 Å². The predicted molar refractivity (Wildman–Crippen MR) is 88.4 cm³/mol. The van der Waals surface area contributed by atoms with Gasteiger partial charge in [-0.25, -0.2) is 9.37 Å². The lowest BCUT2D eigenvalue weighted by molar-refractivity contribution is 0.0282. The second-order valence-corrected chi connectivity index (χ2v) is 8.44. The fourth-order valence-electron chi connectivity index (χ4n) is 3.91. The van der Waals surface area contributed by atoms with Crippen LogP contribution >= 0.6 is 11.8 Å². The first-order valence-corrected chi connectivity index (χ1v) is 9.42. The molecule has 3 fully saturated rings. The van der Waals surface area contributed by atoms with Gasteiger partial charge < -0.3 is 14.4 Å². The SMILES string of the molecule is Fc1cccnc1O[C@H]1CSC2(C1)CN(CC1CCOCC1)C2. The molecule has 1 spiro atoms. The third kappa shape index (κ3) is 3.49. The topological polar surface area (TPSA) is 34.6 Å². The van der Waals surface area contributed by atoms with Gasteiger partial charge in [-0.15, -0.1) is 11.8 Å². The minimum absolute atomic E-state index is 0.0784. The average Bonchev–Trinajstić information content (AvgIpc) is 2.94. The molecular weight excluding hydrogens is 315 g/mol. The molecule has 1 aromatic rings. The Morgan fingerprint density at radius 1 is 1.39 bits per heavy atom. The summed E-state index contributed by atoms with van der Waals surface area (Å²) in [5.74, 6) is 1.50. The van der Waals surface area contributed by atoms with Crippen molar-refractivity contribution in [1.82, 2.24) is 9.88 Å². The van der Waals surface area contributed by atoms with Gasteiger partial charge in [0.1, 0.15) is 6.10 Å². The lowest BCUT2D eigenvalue weighted by Gasteiger charge is -2.49. The van der Waals surface area contributed by atoms with E-state index in [1.54, 1.807) is 12.3 Å². The van der Waals surface area contributed by atoms with Gasteiger partial charge in [-0.05, 0) is 30.9 Å². The van der Waals surface area contributed by atoms with Crippen molar-refractivity contribution < 1.29 is 13.9 Å². The van der Waals surface area contributed by atoms with Crippen LogP contribution in [0, 0.1) is 11.7 Å². The first-order chi connectivity index (χ1) is 11.2. The van der Waals surface area contributed by atoms with E-state index in [4.69, 9.17) is 9.47 Å². The minimum atomic E-state index is -0.367. The molecule has 126 valence electrons. The standard InChI is InChI=1S/C17H23FN2O2S/c18-15-2-1-5-19-16(15)22-14-8-17(23-10-14)11-20(12-17)9-13-3-6-21-7-4-13/h1-2,5,13-14H,3-4,6-12H2/t14-/m1/s1. The van der Waals surface area contributed by atoms with Crippen molar-refractivity contribution in [2.75, 3.05) is 38.6 Å². The zero-order valence-corrected chi connectivity index (χ0v) is 14.1. The lowest BCUT2D eigenvalue weighted by atomic mass is 9.90. The Morgan fingerprint density at radius 3 is 3.00 bits per heavy atom. The number of thioether (sulfide) groups is 1. The van der Waals surface area contributed by atoms with E-state index in [1.165, 1.54) is 25.5 Å². The van der Waals surface area contributed by atoms with Gasteiger partial charge in [0.25, 0.3) is 5.88 Å². The predicted octanol–water partition coefficient (Wildman–Crippen LogP) is 2.59. The summed E-state index contributed by atoms with van der Waals surface area (Å²) in [6.45, 7) is 5.32. The number of likely N-dealkylation sites (tertiary alicyclic amines) is 1. The van der Waals surface area contributed by atoms with E-state index >= 15 is 0 Å². The monoisotopic (exact) mass is 338 g/mol. The number of ether oxygens (including phenoxy) is 2. The molecule has 4 rings (SSSR count). The van der Waals surface area contributed by atoms with Crippen LogP contribution < -0.4 is 4.74 Å². The van der Waals surface area contributed by atoms with Gasteiger partial charge in [0, 0.05) is 56.0 Å². The summed E-state index contributed by atoms with van der Waals surface area (Å²) >= 11 is 1.99. The van der Waals surface area contributed by atoms with E-state index in [9.17, 15) is 4.39 Å². The second kappa shape index (κ2) is 6.57. The quantitative estimate of drug-likeness (QED) is 0.843. The Bertz CT molecular complexity index is 547. The molecule has 4 nitrogen and oxygen atoms in total. The van der Waals surface area contributed by atoms with E-state index in [2.05, 4.69) is 9.88 Å². The summed E-state index contributed by atoms with van der Waals surface area (Å²) in [4.78, 5) is 6.56. The van der Waals surface area contributed by atoms with E-state index in [0.717, 1.165) is 44.4 Å². The highest BCUT2D eigenvalue weighted by molar-refractivity contribution is 8.01. The van der Waals surface area contributed by atoms with Gasteiger partial charge in [0.15, 0.2) is 5.82 Å². The number of hydrogen-bond acceptors (Lipinski definition) is 5. The molecule has 0 N–H and O–H groups in total. The molecule has 3 saturated heterocycles. The number of rotatable bonds is 4. The van der Waals surface area contributed by atoms with Gasteiger partial charge in [0.05, 0.1) is 0 Å². The van der Waals surface area contributed by atoms with Crippen LogP contribution in [0.5, 0.6) is 5.88 Å². The van der Waals surface area contributed by atoms with E-state index in [1.807, 2.05) is 11.8 Å². The largest absolute Gasteiger partial charge is 0.471 e. The normalized spacial score (nSPS) is 28.0. The van der Waals surface area contributed by atoms with Crippen LogP contribution in [0.4, 0.5) is 4.39 Å². The molecule has 23 heavy (non-hydrogen) atoms. The third-order valence-electron chi connectivity index (χ3n) is 5.06. The molecule has 6 heteroatoms. The van der Waals surface area contributed by atoms with Gasteiger partial charge >= 0.3 is 0 Å². The molecule has 0 radical (unpaired) electrons. The fraction of sp³-hybridized carbons (Fsp3) is 0.706. The van der Waals surface area contributed by atoms with Crippen molar-refractivity contribution in [1.29, 1.82) is 0 Å². The van der Waals surface area contributed by atoms with Crippen LogP contribution in [-0.4, -0.2) is 59.3 Å². The third-order valence-corrected chi connectivity index (χ3v) is 6.63. The second-order valence-electron chi connectivity index (χ2n) is 6.95. The Balaban J connectivity index is 1.26. The summed E-state index contributed by atoms with van der Waals surface area (Å²) in [6.07, 6.45) is 5.05. The van der Waals surface area contributed by atoms with E-state index in [0.29, 0.717) is 4.75 Å². The highest BCUT2D eigenvalue weighted by Crippen LogP contribution is 2.46. The molecule has 1 aromatic heterocycles. The van der Waals surface area contributed by atoms with Crippen molar-refractivity contribution >= 4 is 11.8 Å². The van der Waals surface area contributed by atoms with Gasteiger partial charge in [-0.2, -0.15) is 0 Å². The highest BCUT2D eigenvalue weighted by Gasteiger charge is 2.50. The summed E-state index contributed by atoms with van der Waals surface area (Å²) in [5, 5.41) is 0. The Morgan fingerprint density at radius 2 is 2.22 bits per heavy atom. The van der Waals surface area contributed by atoms with Crippen LogP contribution in [0.3, 0.4) is 0 Å². The minimum Gasteiger partial charge on any atom is -0.471 e. The molecule has 3 aliphatic heterocycles. The molecule has 0 amide bonds. The summed E-state index contributed by atoms with van der Waals surface area (Å²) < 4.78 is 25.2. The summed E-state index contributed by atoms with van der Waals surface area (Å²) in [7, 11) is 0. The first kappa shape index (κ1) is 15.7. The average molecular weight is 338 g/mol. The van der Waals surface area contributed by atoms with Gasteiger partial charge in [0.2, 0.25) is 0 Å². The van der Waals surface area contributed by atoms with Crippen LogP contribution in [0.15, 0.2) is 18.3 Å². The van der Waals surface area contributed by atoms with E-state index < -0.39 is 0 Å². The van der Waals surface area contributed by atoms with Gasteiger partial charge in [-0.3, -0.25) is 0 Å². The Labute approximate surface area is 140 Å². The van der Waals surface area contributed by atoms with Crippen molar-refractivity contribution in [3.05, 3.63) is 24.1 Å². The van der Waals surface area contributed by atoms with Crippen LogP contribution in [0.1, 0.15) is 19.3 Å². The first-order valence-electron chi connectivity index (χ1n) is 8.44. The number of hydrogen-bond donors (Lipinski definition) is 0. The van der Waals surface area contributed by atoms with Crippen molar-refractivity contribution in [3.8, 4) is 5.88 Å². The number of halogens is 1. The van der Waals surface area contributed by atoms with Crippen molar-refractivity contribution in [2.45, 2.75) is 30.1 Å². The molecule has 0 saturated carbocycles. The smallest absolute Gasteiger partial charge is 0.250 e. The maximum Gasteiger partial charge on any atom is 0.250 e. The van der Waals surface area contributed by atoms with Crippen LogP contribution in [0.2, 0.25) is 0 Å². The van der Waals surface area contributed by atoms with Crippen molar-refractivity contribution in [2.24, 2.45) is 5.92 Å². The highest BCUT2D eigenvalue weighted by atomic mass is 32.2. The maximum absolute atomic E-state index is 13.6. The molecule has 0 aliphatic carbocycles. The molecule has 0 unspecified atom stereocenters. The number of aromatic nitrogens is 1. The van der Waals surface area contributed by atoms with Crippen LogP contribution in [-0.2, 0) is 4.74 Å². The number of nitrogens with zero attached hydrogens (tertiary/aromatic N) is 2. The molecule has 3 aliphatic rings. The van der Waals surface area contributed by atoms with Crippen LogP contribution in [0.25, 0.3) is 0 Å². The molecule has 0 bridgehead atoms. The zero-order chi connectivity index (χ0) is 15.7. The summed E-state index contributed by atoms with van der Waals surface area (Å²) in [6, 6.07) is 2.99. The Kier molecular flexibility index (Phi) is 4.48. The lowest BCUT2D eigenvalue weighted by Crippen LogP contribution is -2.60. The maximum atomic E-state index is 13.6. The molecule has 4 heterocycles. The summed E-state index contributed by atoms with van der Waals surface area (Å²) in [5.41, 5.74) is 0. The van der Waals surface area contributed by atoms with Gasteiger partial charge in [-0.1, -0.05) is 0 Å². The fourth-order valence-corrected chi connectivity index (χ4v) is 5.48. The molecule has 0 aromatic carbocycles.